The van der Waals surface area contributed by atoms with Crippen molar-refractivity contribution in [3.8, 4) is 0 Å². The zero-order valence-electron chi connectivity index (χ0n) is 8.36. The normalized spacial score (nSPS) is 12.4. The van der Waals surface area contributed by atoms with Gasteiger partial charge in [-0.25, -0.2) is 18.7 Å². The first-order valence-corrected chi connectivity index (χ1v) is 7.07. The largest absolute Gasteiger partial charge is 0.298 e. The number of hydrogen-bond acceptors (Lipinski definition) is 4. The highest BCUT2D eigenvalue weighted by atomic mass is 32.2. The average Bonchev–Trinajstić information content (AvgIpc) is 2.14. The lowest BCUT2D eigenvalue weighted by atomic mass is 10.3. The van der Waals surface area contributed by atoms with Crippen LogP contribution in [-0.4, -0.2) is 23.9 Å². The fourth-order valence-corrected chi connectivity index (χ4v) is 1.92. The van der Waals surface area contributed by atoms with Crippen molar-refractivity contribution in [2.24, 2.45) is 10.3 Å². The topological polar surface area (TPSA) is 124 Å². The molecular formula is C7H11N3O4S2. The van der Waals surface area contributed by atoms with E-state index in [0.717, 1.165) is 4.31 Å². The molecule has 0 spiro atoms. The predicted molar refractivity (Wildman–Crippen MR) is 59.3 cm³/mol. The van der Waals surface area contributed by atoms with Crippen molar-refractivity contribution < 1.29 is 16.8 Å². The van der Waals surface area contributed by atoms with Gasteiger partial charge in [0.1, 0.15) is 0 Å². The molecule has 0 saturated carbocycles. The number of nitrogens with two attached hydrogens (primary N) is 2. The summed E-state index contributed by atoms with van der Waals surface area (Å²) in [6, 6.07) is 4.99. The van der Waals surface area contributed by atoms with Gasteiger partial charge in [0.2, 0.25) is 10.0 Å². The van der Waals surface area contributed by atoms with Crippen LogP contribution >= 0.6 is 0 Å². The summed E-state index contributed by atoms with van der Waals surface area (Å²) in [5.74, 6) is 0. The molecule has 0 aliphatic rings. The third-order valence-corrected chi connectivity index (χ3v) is 3.81. The van der Waals surface area contributed by atoms with Crippen LogP contribution in [0.4, 0.5) is 5.69 Å². The van der Waals surface area contributed by atoms with Crippen LogP contribution in [-0.2, 0) is 20.2 Å². The van der Waals surface area contributed by atoms with Gasteiger partial charge >= 0.3 is 0 Å². The molecule has 16 heavy (non-hydrogen) atoms. The highest BCUT2D eigenvalue weighted by Crippen LogP contribution is 2.17. The van der Waals surface area contributed by atoms with Crippen LogP contribution in [0.25, 0.3) is 0 Å². The maximum absolute atomic E-state index is 11.0. The second-order valence-electron chi connectivity index (χ2n) is 3.05. The lowest BCUT2D eigenvalue weighted by Gasteiger charge is -2.15. The molecule has 7 nitrogen and oxygen atoms in total. The van der Waals surface area contributed by atoms with Gasteiger partial charge in [-0.05, 0) is 24.3 Å². The van der Waals surface area contributed by atoms with E-state index >= 15 is 0 Å². The molecule has 1 aromatic rings. The second-order valence-corrected chi connectivity index (χ2v) is 6.19. The van der Waals surface area contributed by atoms with Crippen molar-refractivity contribution in [3.63, 3.8) is 0 Å². The zero-order chi connectivity index (χ0) is 12.6. The molecule has 0 saturated heterocycles. The van der Waals surface area contributed by atoms with Crippen molar-refractivity contribution in [1.29, 1.82) is 0 Å². The molecule has 1 rings (SSSR count). The molecule has 1 aromatic carbocycles. The summed E-state index contributed by atoms with van der Waals surface area (Å²) >= 11 is 0. The van der Waals surface area contributed by atoms with E-state index in [9.17, 15) is 16.8 Å². The standard InChI is InChI=1S/C7H11N3O4S2/c1-10(16(9,13)14)6-2-4-7(5-3-6)15(8,11)12/h2-5H,1H3,(H2,8,11,12)(H2,9,13,14). The van der Waals surface area contributed by atoms with E-state index in [-0.39, 0.29) is 10.6 Å². The first-order valence-electron chi connectivity index (χ1n) is 4.02. The van der Waals surface area contributed by atoms with Crippen LogP contribution in [0.2, 0.25) is 0 Å². The van der Waals surface area contributed by atoms with Gasteiger partial charge in [0.05, 0.1) is 10.6 Å². The van der Waals surface area contributed by atoms with Crippen LogP contribution in [0.1, 0.15) is 0 Å². The zero-order valence-corrected chi connectivity index (χ0v) is 9.99. The molecule has 0 aliphatic carbocycles. The Morgan fingerprint density at radius 2 is 1.44 bits per heavy atom. The SMILES string of the molecule is CN(c1ccc(S(N)(=O)=O)cc1)S(N)(=O)=O. The fraction of sp³-hybridized carbons (Fsp3) is 0.143. The lowest BCUT2D eigenvalue weighted by Crippen LogP contribution is -2.33. The maximum Gasteiger partial charge on any atom is 0.298 e. The van der Waals surface area contributed by atoms with Crippen molar-refractivity contribution in [3.05, 3.63) is 24.3 Å². The first kappa shape index (κ1) is 12.9. The second kappa shape index (κ2) is 4.01. The molecule has 0 amide bonds. The molecule has 0 aromatic heterocycles. The monoisotopic (exact) mass is 265 g/mol. The molecule has 9 heteroatoms. The van der Waals surface area contributed by atoms with Crippen LogP contribution in [0, 0.1) is 0 Å². The number of anilines is 1. The van der Waals surface area contributed by atoms with E-state index in [4.69, 9.17) is 10.3 Å². The highest BCUT2D eigenvalue weighted by Gasteiger charge is 2.13. The molecule has 0 heterocycles. The summed E-state index contributed by atoms with van der Waals surface area (Å²) in [7, 11) is -6.38. The van der Waals surface area contributed by atoms with Gasteiger partial charge in [0.15, 0.2) is 0 Å². The summed E-state index contributed by atoms with van der Waals surface area (Å²) in [6.45, 7) is 0. The highest BCUT2D eigenvalue weighted by molar-refractivity contribution is 7.90. The lowest BCUT2D eigenvalue weighted by molar-refractivity contribution is 0.595. The number of hydrogen-bond donors (Lipinski definition) is 2. The number of primary sulfonamides is 1. The Hall–Kier alpha value is -1.16. The van der Waals surface area contributed by atoms with Crippen LogP contribution < -0.4 is 14.6 Å². The van der Waals surface area contributed by atoms with Gasteiger partial charge in [0.25, 0.3) is 10.2 Å². The van der Waals surface area contributed by atoms with Crippen molar-refractivity contribution in [2.45, 2.75) is 4.90 Å². The Morgan fingerprint density at radius 1 is 1.00 bits per heavy atom. The minimum absolute atomic E-state index is 0.0981. The summed E-state index contributed by atoms with van der Waals surface area (Å²) in [5.41, 5.74) is 0.245. The Bertz CT molecular complexity index is 577. The molecule has 0 unspecified atom stereocenters. The van der Waals surface area contributed by atoms with Gasteiger partial charge in [-0.2, -0.15) is 8.42 Å². The molecular weight excluding hydrogens is 254 g/mol. The predicted octanol–water partition coefficient (Wildman–Crippen LogP) is -1.03. The summed E-state index contributed by atoms with van der Waals surface area (Å²) < 4.78 is 44.6. The minimum atomic E-state index is -3.85. The molecule has 4 N–H and O–H groups in total. The number of benzene rings is 1. The van der Waals surface area contributed by atoms with Crippen LogP contribution in [0.15, 0.2) is 29.2 Å². The quantitative estimate of drug-likeness (QED) is 0.725. The third kappa shape index (κ3) is 2.92. The Kier molecular flexibility index (Phi) is 3.24. The smallest absolute Gasteiger partial charge is 0.261 e. The number of sulfonamides is 1. The van der Waals surface area contributed by atoms with Gasteiger partial charge in [-0.15, -0.1) is 0 Å². The molecule has 0 atom stereocenters. The summed E-state index contributed by atoms with van der Waals surface area (Å²) in [5, 5.41) is 9.77. The Morgan fingerprint density at radius 3 is 1.75 bits per heavy atom. The molecule has 0 bridgehead atoms. The van der Waals surface area contributed by atoms with Crippen molar-refractivity contribution >= 4 is 25.9 Å². The molecule has 0 radical (unpaired) electrons. The van der Waals surface area contributed by atoms with Gasteiger partial charge in [0, 0.05) is 7.05 Å². The van der Waals surface area contributed by atoms with Crippen LogP contribution in [0.5, 0.6) is 0 Å². The Labute approximate surface area is 93.9 Å². The molecule has 0 fully saturated rings. The van der Waals surface area contributed by atoms with E-state index in [2.05, 4.69) is 0 Å². The first-order chi connectivity index (χ1) is 7.12. The Balaban J connectivity index is 3.15. The van der Waals surface area contributed by atoms with E-state index in [1.165, 1.54) is 31.3 Å². The van der Waals surface area contributed by atoms with E-state index < -0.39 is 20.2 Å². The van der Waals surface area contributed by atoms with E-state index in [1.807, 2.05) is 0 Å². The van der Waals surface area contributed by atoms with Crippen LogP contribution in [0.3, 0.4) is 0 Å². The maximum atomic E-state index is 11.0. The number of nitrogens with zero attached hydrogens (tertiary/aromatic N) is 1. The minimum Gasteiger partial charge on any atom is -0.261 e. The fourth-order valence-electron chi connectivity index (χ4n) is 0.993. The summed E-state index contributed by atoms with van der Waals surface area (Å²) in [4.78, 5) is -0.0981. The van der Waals surface area contributed by atoms with E-state index in [0.29, 0.717) is 0 Å². The van der Waals surface area contributed by atoms with Crippen molar-refractivity contribution in [2.75, 3.05) is 11.4 Å². The summed E-state index contributed by atoms with van der Waals surface area (Å²) in [6.07, 6.45) is 0. The van der Waals surface area contributed by atoms with Gasteiger partial charge < -0.3 is 0 Å². The number of rotatable bonds is 3. The average molecular weight is 265 g/mol. The van der Waals surface area contributed by atoms with E-state index in [1.54, 1.807) is 0 Å². The molecule has 90 valence electrons. The van der Waals surface area contributed by atoms with Gasteiger partial charge in [-0.3, -0.25) is 4.31 Å². The van der Waals surface area contributed by atoms with Gasteiger partial charge in [-0.1, -0.05) is 0 Å². The van der Waals surface area contributed by atoms with Crippen molar-refractivity contribution in [1.82, 2.24) is 0 Å². The third-order valence-electron chi connectivity index (χ3n) is 1.91. The molecule has 0 aliphatic heterocycles.